The summed E-state index contributed by atoms with van der Waals surface area (Å²) >= 11 is 0. The SMILES string of the molecule is CCCCOC(=O)C1CCCN1C(=O)c1c(F)cccc1F. The van der Waals surface area contributed by atoms with Gasteiger partial charge in [-0.05, 0) is 31.4 Å². The highest BCUT2D eigenvalue weighted by Crippen LogP contribution is 2.23. The molecule has 0 radical (unpaired) electrons. The Hall–Kier alpha value is -1.98. The zero-order valence-corrected chi connectivity index (χ0v) is 12.5. The van der Waals surface area contributed by atoms with Crippen LogP contribution in [0.3, 0.4) is 0 Å². The molecule has 1 fully saturated rings. The first-order chi connectivity index (χ1) is 10.6. The molecule has 0 saturated carbocycles. The predicted octanol–water partition coefficient (Wildman–Crippen LogP) is 2.91. The molecule has 1 aliphatic heterocycles. The van der Waals surface area contributed by atoms with E-state index in [1.807, 2.05) is 6.92 Å². The van der Waals surface area contributed by atoms with E-state index in [1.165, 1.54) is 11.0 Å². The number of benzene rings is 1. The predicted molar refractivity (Wildman–Crippen MR) is 76.3 cm³/mol. The largest absolute Gasteiger partial charge is 0.464 e. The van der Waals surface area contributed by atoms with Crippen LogP contribution >= 0.6 is 0 Å². The van der Waals surface area contributed by atoms with Crippen LogP contribution in [0, 0.1) is 11.6 Å². The molecule has 2 rings (SSSR count). The maximum absolute atomic E-state index is 13.7. The number of carbonyl (C=O) groups excluding carboxylic acids is 2. The molecule has 1 aromatic carbocycles. The zero-order valence-electron chi connectivity index (χ0n) is 12.5. The molecule has 1 amide bonds. The van der Waals surface area contributed by atoms with E-state index in [9.17, 15) is 18.4 Å². The quantitative estimate of drug-likeness (QED) is 0.620. The molecular weight excluding hydrogens is 292 g/mol. The highest BCUT2D eigenvalue weighted by atomic mass is 19.1. The van der Waals surface area contributed by atoms with Gasteiger partial charge in [0.2, 0.25) is 0 Å². The number of unbranched alkanes of at least 4 members (excludes halogenated alkanes) is 1. The molecule has 1 atom stereocenters. The molecule has 6 heteroatoms. The number of amides is 1. The molecule has 120 valence electrons. The highest BCUT2D eigenvalue weighted by Gasteiger charge is 2.37. The van der Waals surface area contributed by atoms with E-state index in [2.05, 4.69) is 0 Å². The van der Waals surface area contributed by atoms with Crippen LogP contribution in [0.1, 0.15) is 43.0 Å². The molecule has 0 spiro atoms. The summed E-state index contributed by atoms with van der Waals surface area (Å²) in [5, 5.41) is 0. The lowest BCUT2D eigenvalue weighted by molar-refractivity contribution is -0.148. The first-order valence-electron chi connectivity index (χ1n) is 7.48. The van der Waals surface area contributed by atoms with Crippen molar-refractivity contribution in [3.63, 3.8) is 0 Å². The van der Waals surface area contributed by atoms with Crippen LogP contribution in [0.5, 0.6) is 0 Å². The number of hydrogen-bond acceptors (Lipinski definition) is 3. The molecule has 1 aromatic rings. The minimum atomic E-state index is -0.921. The zero-order chi connectivity index (χ0) is 16.1. The van der Waals surface area contributed by atoms with Gasteiger partial charge in [0, 0.05) is 6.54 Å². The van der Waals surface area contributed by atoms with Gasteiger partial charge in [-0.1, -0.05) is 19.4 Å². The van der Waals surface area contributed by atoms with E-state index in [-0.39, 0.29) is 0 Å². The fraction of sp³-hybridized carbons (Fsp3) is 0.500. The normalized spacial score (nSPS) is 17.6. The summed E-state index contributed by atoms with van der Waals surface area (Å²) in [7, 11) is 0. The molecule has 1 aliphatic rings. The lowest BCUT2D eigenvalue weighted by Crippen LogP contribution is -2.42. The molecule has 1 heterocycles. The third-order valence-electron chi connectivity index (χ3n) is 3.70. The summed E-state index contributed by atoms with van der Waals surface area (Å²) < 4.78 is 32.6. The maximum atomic E-state index is 13.7. The Balaban J connectivity index is 2.13. The molecule has 1 unspecified atom stereocenters. The molecule has 0 aromatic heterocycles. The number of ether oxygens (including phenoxy) is 1. The van der Waals surface area contributed by atoms with Crippen LogP contribution in [0.25, 0.3) is 0 Å². The smallest absolute Gasteiger partial charge is 0.328 e. The summed E-state index contributed by atoms with van der Waals surface area (Å²) in [5.41, 5.74) is -0.615. The number of nitrogens with zero attached hydrogens (tertiary/aromatic N) is 1. The lowest BCUT2D eigenvalue weighted by Gasteiger charge is -2.23. The lowest BCUT2D eigenvalue weighted by atomic mass is 10.1. The van der Waals surface area contributed by atoms with Crippen molar-refractivity contribution in [2.45, 2.75) is 38.6 Å². The third kappa shape index (κ3) is 3.43. The van der Waals surface area contributed by atoms with Gasteiger partial charge in [0.1, 0.15) is 23.2 Å². The summed E-state index contributed by atoms with van der Waals surface area (Å²) in [5.74, 6) is -3.15. The number of halogens is 2. The monoisotopic (exact) mass is 311 g/mol. The average molecular weight is 311 g/mol. The van der Waals surface area contributed by atoms with Crippen molar-refractivity contribution in [2.24, 2.45) is 0 Å². The molecule has 0 bridgehead atoms. The van der Waals surface area contributed by atoms with Gasteiger partial charge >= 0.3 is 5.97 Å². The van der Waals surface area contributed by atoms with Gasteiger partial charge in [0.05, 0.1) is 6.61 Å². The van der Waals surface area contributed by atoms with Crippen molar-refractivity contribution < 1.29 is 23.1 Å². The minimum absolute atomic E-state index is 0.292. The second-order valence-electron chi connectivity index (χ2n) is 5.27. The number of hydrogen-bond donors (Lipinski definition) is 0. The molecular formula is C16H19F2NO3. The standard InChI is InChI=1S/C16H19F2NO3/c1-2-3-10-22-16(21)13-8-5-9-19(13)15(20)14-11(17)6-4-7-12(14)18/h4,6-7,13H,2-3,5,8-10H2,1H3. The Morgan fingerprint density at radius 1 is 1.32 bits per heavy atom. The number of rotatable bonds is 5. The molecule has 1 saturated heterocycles. The Morgan fingerprint density at radius 3 is 2.64 bits per heavy atom. The molecule has 4 nitrogen and oxygen atoms in total. The molecule has 0 aliphatic carbocycles. The van der Waals surface area contributed by atoms with Gasteiger partial charge in [0.15, 0.2) is 0 Å². The van der Waals surface area contributed by atoms with Crippen molar-refractivity contribution in [2.75, 3.05) is 13.2 Å². The van der Waals surface area contributed by atoms with Crippen LogP contribution in [-0.2, 0) is 9.53 Å². The van der Waals surface area contributed by atoms with E-state index < -0.39 is 35.1 Å². The first kappa shape index (κ1) is 16.4. The van der Waals surface area contributed by atoms with Crippen molar-refractivity contribution in [1.29, 1.82) is 0 Å². The number of likely N-dealkylation sites (tertiary alicyclic amines) is 1. The van der Waals surface area contributed by atoms with E-state index in [1.54, 1.807) is 0 Å². The number of carbonyl (C=O) groups is 2. The third-order valence-corrected chi connectivity index (χ3v) is 3.70. The van der Waals surface area contributed by atoms with Crippen molar-refractivity contribution in [3.8, 4) is 0 Å². The van der Waals surface area contributed by atoms with Crippen molar-refractivity contribution in [3.05, 3.63) is 35.4 Å². The average Bonchev–Trinajstić information content (AvgIpc) is 2.96. The van der Waals surface area contributed by atoms with Crippen molar-refractivity contribution in [1.82, 2.24) is 4.90 Å². The summed E-state index contributed by atoms with van der Waals surface area (Å²) in [6.45, 7) is 2.56. The first-order valence-corrected chi connectivity index (χ1v) is 7.48. The van der Waals surface area contributed by atoms with Crippen molar-refractivity contribution >= 4 is 11.9 Å². The van der Waals surface area contributed by atoms with Gasteiger partial charge in [-0.15, -0.1) is 0 Å². The Labute approximate surface area is 128 Å². The topological polar surface area (TPSA) is 46.6 Å². The fourth-order valence-electron chi connectivity index (χ4n) is 2.51. The Morgan fingerprint density at radius 2 is 2.00 bits per heavy atom. The highest BCUT2D eigenvalue weighted by molar-refractivity contribution is 5.97. The van der Waals surface area contributed by atoms with Gasteiger partial charge in [-0.3, -0.25) is 4.79 Å². The van der Waals surface area contributed by atoms with Crippen LogP contribution < -0.4 is 0 Å². The van der Waals surface area contributed by atoms with Crippen LogP contribution in [-0.4, -0.2) is 36.0 Å². The second kappa shape index (κ2) is 7.33. The van der Waals surface area contributed by atoms with Crippen LogP contribution in [0.2, 0.25) is 0 Å². The van der Waals surface area contributed by atoms with E-state index in [0.29, 0.717) is 26.0 Å². The molecule has 22 heavy (non-hydrogen) atoms. The van der Waals surface area contributed by atoms with E-state index >= 15 is 0 Å². The van der Waals surface area contributed by atoms with Gasteiger partial charge in [-0.25, -0.2) is 13.6 Å². The van der Waals surface area contributed by atoms with Gasteiger partial charge < -0.3 is 9.64 Å². The summed E-state index contributed by atoms with van der Waals surface area (Å²) in [4.78, 5) is 25.6. The Kier molecular flexibility index (Phi) is 5.46. The van der Waals surface area contributed by atoms with Gasteiger partial charge in [-0.2, -0.15) is 0 Å². The van der Waals surface area contributed by atoms with Crippen LogP contribution in [0.15, 0.2) is 18.2 Å². The second-order valence-corrected chi connectivity index (χ2v) is 5.27. The maximum Gasteiger partial charge on any atom is 0.328 e. The minimum Gasteiger partial charge on any atom is -0.464 e. The number of esters is 1. The Bertz CT molecular complexity index is 542. The van der Waals surface area contributed by atoms with Crippen LogP contribution in [0.4, 0.5) is 8.78 Å². The summed E-state index contributed by atoms with van der Waals surface area (Å²) in [6, 6.07) is 2.49. The molecule has 0 N–H and O–H groups in total. The van der Waals surface area contributed by atoms with E-state index in [4.69, 9.17) is 4.74 Å². The van der Waals surface area contributed by atoms with E-state index in [0.717, 1.165) is 25.0 Å². The van der Waals surface area contributed by atoms with Gasteiger partial charge in [0.25, 0.3) is 5.91 Å². The summed E-state index contributed by atoms with van der Waals surface area (Å²) in [6.07, 6.45) is 2.69. The fourth-order valence-corrected chi connectivity index (χ4v) is 2.51.